The third kappa shape index (κ3) is 36.8. The van der Waals surface area contributed by atoms with E-state index >= 15 is 0 Å². The van der Waals surface area contributed by atoms with Crippen molar-refractivity contribution in [2.24, 2.45) is 17.8 Å². The fraction of sp³-hybridized carbons (Fsp3) is 1.00. The number of aliphatic hydroxyl groups is 3. The first-order chi connectivity index (χ1) is 9.11. The third-order valence-electron chi connectivity index (χ3n) is 2.99. The minimum atomic E-state index is -0.542. The zero-order chi connectivity index (χ0) is 16.7. The summed E-state index contributed by atoms with van der Waals surface area (Å²) in [6, 6.07) is 0. The van der Waals surface area contributed by atoms with E-state index in [2.05, 4.69) is 34.6 Å². The van der Waals surface area contributed by atoms with Gasteiger partial charge in [-0.05, 0) is 30.6 Å². The van der Waals surface area contributed by atoms with E-state index < -0.39 is 6.10 Å². The topological polar surface area (TPSA) is 60.7 Å². The molecule has 3 nitrogen and oxygen atoms in total. The van der Waals surface area contributed by atoms with E-state index in [0.717, 1.165) is 18.8 Å². The first kappa shape index (κ1) is 33.5. The predicted octanol–water partition coefficient (Wildman–Crippen LogP) is 5.12. The monoisotopic (exact) mass is 324 g/mol. The van der Waals surface area contributed by atoms with E-state index in [1.807, 2.05) is 20.8 Å². The lowest BCUT2D eigenvalue weighted by Gasteiger charge is -2.08. The second-order valence-electron chi connectivity index (χ2n) is 6.49. The van der Waals surface area contributed by atoms with Gasteiger partial charge in [0, 0.05) is 0 Å². The lowest BCUT2D eigenvalue weighted by molar-refractivity contribution is 0.0597. The van der Waals surface area contributed by atoms with Crippen LogP contribution < -0.4 is 0 Å². The summed E-state index contributed by atoms with van der Waals surface area (Å²) in [6.07, 6.45) is 2.52. The number of hydrogen-bond acceptors (Lipinski definition) is 3. The van der Waals surface area contributed by atoms with Crippen molar-refractivity contribution in [1.29, 1.82) is 0 Å². The Labute approximate surface area is 142 Å². The van der Waals surface area contributed by atoms with Crippen LogP contribution in [0.1, 0.15) is 89.5 Å². The Morgan fingerprint density at radius 1 is 0.727 bits per heavy atom. The van der Waals surface area contributed by atoms with Crippen LogP contribution in [-0.2, 0) is 0 Å². The molecule has 0 spiro atoms. The van der Waals surface area contributed by atoms with Crippen molar-refractivity contribution >= 4 is 0 Å². The maximum Gasteiger partial charge on any atom is 0.0793 e. The molecule has 2 unspecified atom stereocenters. The SMILES string of the molecule is C.C.CC(C)C(O)CO.CCC(C)C.CCC(O)CC(C)C. The zero-order valence-electron chi connectivity index (χ0n) is 15.1. The summed E-state index contributed by atoms with van der Waals surface area (Å²) in [6.45, 7) is 16.5. The van der Waals surface area contributed by atoms with Crippen molar-refractivity contribution in [3.63, 3.8) is 0 Å². The molecule has 3 N–H and O–H groups in total. The highest BCUT2D eigenvalue weighted by Gasteiger charge is 2.04. The van der Waals surface area contributed by atoms with Gasteiger partial charge in [0.25, 0.3) is 0 Å². The molecule has 0 aliphatic heterocycles. The molecule has 0 fully saturated rings. The van der Waals surface area contributed by atoms with Crippen molar-refractivity contribution in [2.45, 2.75) is 102 Å². The molecule has 0 aromatic carbocycles. The van der Waals surface area contributed by atoms with E-state index in [1.165, 1.54) is 6.42 Å². The number of hydrogen-bond donors (Lipinski definition) is 3. The van der Waals surface area contributed by atoms with Crippen molar-refractivity contribution in [3.8, 4) is 0 Å². The fourth-order valence-electron chi connectivity index (χ4n) is 0.922. The average molecular weight is 325 g/mol. The molecule has 22 heavy (non-hydrogen) atoms. The molecule has 0 rings (SSSR count). The highest BCUT2D eigenvalue weighted by Crippen LogP contribution is 2.05. The second-order valence-corrected chi connectivity index (χ2v) is 6.49. The first-order valence-corrected chi connectivity index (χ1v) is 8.09. The third-order valence-corrected chi connectivity index (χ3v) is 2.99. The largest absolute Gasteiger partial charge is 0.394 e. The highest BCUT2D eigenvalue weighted by atomic mass is 16.3. The van der Waals surface area contributed by atoms with Gasteiger partial charge in [0.1, 0.15) is 0 Å². The van der Waals surface area contributed by atoms with Gasteiger partial charge >= 0.3 is 0 Å². The standard InChI is InChI=1S/C7H16O.C5H12O2.C5H12.2CH4/c1-4-7(8)5-6(2)3;1-4(2)5(7)3-6;1-4-5(2)3;;/h6-8H,4-5H2,1-3H3;4-7H,3H2,1-2H3;5H,4H2,1-3H3;2*1H4. The smallest absolute Gasteiger partial charge is 0.0793 e. The fourth-order valence-corrected chi connectivity index (χ4v) is 0.922. The summed E-state index contributed by atoms with van der Waals surface area (Å²) < 4.78 is 0. The van der Waals surface area contributed by atoms with Gasteiger partial charge in [0.05, 0.1) is 18.8 Å². The zero-order valence-corrected chi connectivity index (χ0v) is 15.1. The molecule has 0 saturated heterocycles. The molecule has 2 atom stereocenters. The second kappa shape index (κ2) is 23.2. The first-order valence-electron chi connectivity index (χ1n) is 8.09. The van der Waals surface area contributed by atoms with Crippen LogP contribution in [0.4, 0.5) is 0 Å². The lowest BCUT2D eigenvalue weighted by Crippen LogP contribution is -2.18. The van der Waals surface area contributed by atoms with Gasteiger partial charge in [-0.1, -0.05) is 76.7 Å². The van der Waals surface area contributed by atoms with Gasteiger partial charge < -0.3 is 15.3 Å². The van der Waals surface area contributed by atoms with Crippen LogP contribution in [0.3, 0.4) is 0 Å². The van der Waals surface area contributed by atoms with Crippen molar-refractivity contribution in [2.75, 3.05) is 6.61 Å². The molecule has 0 heterocycles. The van der Waals surface area contributed by atoms with Crippen LogP contribution in [0.25, 0.3) is 0 Å². The molecule has 0 radical (unpaired) electrons. The molecule has 3 heteroatoms. The van der Waals surface area contributed by atoms with Crippen LogP contribution in [-0.4, -0.2) is 34.1 Å². The molecule has 0 bridgehead atoms. The molecule has 0 aromatic rings. The molecular weight excluding hydrogens is 276 g/mol. The van der Waals surface area contributed by atoms with Gasteiger partial charge in [0.15, 0.2) is 0 Å². The maximum atomic E-state index is 9.03. The highest BCUT2D eigenvalue weighted by molar-refractivity contribution is 4.55. The van der Waals surface area contributed by atoms with Crippen LogP contribution in [0.2, 0.25) is 0 Å². The summed E-state index contributed by atoms with van der Waals surface area (Å²) in [5, 5.41) is 26.0. The molecular formula is C19H48O3. The molecule has 0 amide bonds. The number of aliphatic hydroxyl groups excluding tert-OH is 3. The van der Waals surface area contributed by atoms with Crippen molar-refractivity contribution in [3.05, 3.63) is 0 Å². The van der Waals surface area contributed by atoms with E-state index in [9.17, 15) is 0 Å². The molecule has 0 aliphatic carbocycles. The Morgan fingerprint density at radius 2 is 1.09 bits per heavy atom. The van der Waals surface area contributed by atoms with E-state index in [1.54, 1.807) is 0 Å². The van der Waals surface area contributed by atoms with Gasteiger partial charge in [-0.2, -0.15) is 0 Å². The van der Waals surface area contributed by atoms with E-state index in [4.69, 9.17) is 15.3 Å². The van der Waals surface area contributed by atoms with Crippen LogP contribution in [0, 0.1) is 17.8 Å². The van der Waals surface area contributed by atoms with Gasteiger partial charge in [-0.3, -0.25) is 0 Å². The predicted molar refractivity (Wildman–Crippen MR) is 102 cm³/mol. The summed E-state index contributed by atoms with van der Waals surface area (Å²) >= 11 is 0. The maximum absolute atomic E-state index is 9.03. The molecule has 0 aromatic heterocycles. The van der Waals surface area contributed by atoms with Gasteiger partial charge in [-0.25, -0.2) is 0 Å². The Bertz CT molecular complexity index is 168. The van der Waals surface area contributed by atoms with E-state index in [-0.39, 0.29) is 33.5 Å². The summed E-state index contributed by atoms with van der Waals surface area (Å²) in [7, 11) is 0. The molecule has 0 aliphatic rings. The minimum Gasteiger partial charge on any atom is -0.394 e. The Morgan fingerprint density at radius 3 is 1.14 bits per heavy atom. The summed E-state index contributed by atoms with van der Waals surface area (Å²) in [5.74, 6) is 1.69. The number of rotatable bonds is 6. The molecule has 0 saturated carbocycles. The Balaban J connectivity index is -0.0000000643. The lowest BCUT2D eigenvalue weighted by atomic mass is 10.0. The Hall–Kier alpha value is -0.120. The average Bonchev–Trinajstić information content (AvgIpc) is 2.38. The Kier molecular flexibility index (Phi) is 35.2. The van der Waals surface area contributed by atoms with Crippen LogP contribution in [0.5, 0.6) is 0 Å². The van der Waals surface area contributed by atoms with E-state index in [0.29, 0.717) is 5.92 Å². The van der Waals surface area contributed by atoms with Crippen LogP contribution >= 0.6 is 0 Å². The minimum absolute atomic E-state index is 0. The van der Waals surface area contributed by atoms with Gasteiger partial charge in [-0.15, -0.1) is 0 Å². The van der Waals surface area contributed by atoms with Crippen LogP contribution in [0.15, 0.2) is 0 Å². The summed E-state index contributed by atoms with van der Waals surface area (Å²) in [4.78, 5) is 0. The van der Waals surface area contributed by atoms with Gasteiger partial charge in [0.2, 0.25) is 0 Å². The quantitative estimate of drug-likeness (QED) is 0.635. The van der Waals surface area contributed by atoms with Crippen molar-refractivity contribution < 1.29 is 15.3 Å². The molecule has 142 valence electrons. The summed E-state index contributed by atoms with van der Waals surface area (Å²) in [5.41, 5.74) is 0. The normalized spacial score (nSPS) is 12.3. The van der Waals surface area contributed by atoms with Crippen molar-refractivity contribution in [1.82, 2.24) is 0 Å².